The molecule has 1 aromatic rings. The second kappa shape index (κ2) is 5.07. The molecule has 2 N–H and O–H groups in total. The predicted molar refractivity (Wildman–Crippen MR) is 72.3 cm³/mol. The highest BCUT2D eigenvalue weighted by atomic mass is 19.1. The molecule has 2 rings (SSSR count). The summed E-state index contributed by atoms with van der Waals surface area (Å²) in [6.45, 7) is 1.89. The van der Waals surface area contributed by atoms with Crippen molar-refractivity contribution in [1.82, 2.24) is 5.32 Å². The molecule has 0 aliphatic heterocycles. The van der Waals surface area contributed by atoms with Gasteiger partial charge in [0.15, 0.2) is 5.82 Å². The first-order valence-corrected chi connectivity index (χ1v) is 6.34. The van der Waals surface area contributed by atoms with Gasteiger partial charge < -0.3 is 10.6 Å². The highest BCUT2D eigenvalue weighted by Gasteiger charge is 2.35. The van der Waals surface area contributed by atoms with Crippen molar-refractivity contribution in [3.63, 3.8) is 0 Å². The molecule has 7 heteroatoms. The molecule has 0 heterocycles. The maximum atomic E-state index is 13.6. The Kier molecular flexibility index (Phi) is 3.61. The molecule has 0 spiro atoms. The minimum Gasteiger partial charge on any atom is -0.386 e. The Bertz CT molecular complexity index is 570. The number of benzene rings is 1. The first-order valence-electron chi connectivity index (χ1n) is 6.34. The first kappa shape index (κ1) is 14.2. The average Bonchev–Trinajstić information content (AvgIpc) is 2.36. The molecule has 0 radical (unpaired) electrons. The molecule has 0 saturated heterocycles. The van der Waals surface area contributed by atoms with Crippen molar-refractivity contribution in [3.05, 3.63) is 33.6 Å². The normalized spacial score (nSPS) is 16.1. The van der Waals surface area contributed by atoms with E-state index in [1.54, 1.807) is 0 Å². The summed E-state index contributed by atoms with van der Waals surface area (Å²) in [4.78, 5) is 22.4. The van der Waals surface area contributed by atoms with Crippen LogP contribution in [0.1, 0.15) is 36.5 Å². The summed E-state index contributed by atoms with van der Waals surface area (Å²) in [5.74, 6) is -1.30. The molecule has 1 fully saturated rings. The Morgan fingerprint density at radius 3 is 2.55 bits per heavy atom. The lowest BCUT2D eigenvalue weighted by Gasteiger charge is -2.39. The molecule has 1 amide bonds. The number of nitrogens with zero attached hydrogens (tertiary/aromatic N) is 1. The van der Waals surface area contributed by atoms with Crippen molar-refractivity contribution < 1.29 is 14.1 Å². The molecule has 0 aromatic heterocycles. The van der Waals surface area contributed by atoms with Crippen LogP contribution >= 0.6 is 0 Å². The SMILES string of the molecule is CNc1cc(C(=O)NC2(C)CCC2)c([N+](=O)[O-])cc1F. The van der Waals surface area contributed by atoms with Gasteiger partial charge in [0.2, 0.25) is 0 Å². The van der Waals surface area contributed by atoms with E-state index in [2.05, 4.69) is 10.6 Å². The van der Waals surface area contributed by atoms with Gasteiger partial charge in [0.05, 0.1) is 16.7 Å². The van der Waals surface area contributed by atoms with Crippen LogP contribution in [0.4, 0.5) is 15.8 Å². The smallest absolute Gasteiger partial charge is 0.285 e. The molecule has 0 bridgehead atoms. The lowest BCUT2D eigenvalue weighted by Crippen LogP contribution is -2.51. The van der Waals surface area contributed by atoms with Gasteiger partial charge in [-0.25, -0.2) is 4.39 Å². The quantitative estimate of drug-likeness (QED) is 0.655. The summed E-state index contributed by atoms with van der Waals surface area (Å²) < 4.78 is 13.6. The fourth-order valence-electron chi connectivity index (χ4n) is 2.26. The van der Waals surface area contributed by atoms with Crippen LogP contribution in [0.15, 0.2) is 12.1 Å². The second-order valence-electron chi connectivity index (χ2n) is 5.22. The van der Waals surface area contributed by atoms with Crippen LogP contribution in [-0.4, -0.2) is 23.4 Å². The third kappa shape index (κ3) is 2.56. The monoisotopic (exact) mass is 281 g/mol. The van der Waals surface area contributed by atoms with E-state index in [-0.39, 0.29) is 16.8 Å². The molecule has 6 nitrogen and oxygen atoms in total. The Hall–Kier alpha value is -2.18. The van der Waals surface area contributed by atoms with Crippen LogP contribution in [0.2, 0.25) is 0 Å². The van der Waals surface area contributed by atoms with Crippen LogP contribution in [0.3, 0.4) is 0 Å². The summed E-state index contributed by atoms with van der Waals surface area (Å²) in [5.41, 5.74) is -0.922. The minimum absolute atomic E-state index is 0.0551. The Balaban J connectivity index is 2.37. The van der Waals surface area contributed by atoms with E-state index in [0.29, 0.717) is 0 Å². The highest BCUT2D eigenvalue weighted by molar-refractivity contribution is 5.99. The van der Waals surface area contributed by atoms with Crippen molar-refractivity contribution >= 4 is 17.3 Å². The molecule has 0 atom stereocenters. The molecule has 1 aromatic carbocycles. The van der Waals surface area contributed by atoms with Gasteiger partial charge in [-0.3, -0.25) is 14.9 Å². The molecule has 1 saturated carbocycles. The van der Waals surface area contributed by atoms with E-state index in [4.69, 9.17) is 0 Å². The van der Waals surface area contributed by atoms with E-state index in [1.807, 2.05) is 6.92 Å². The van der Waals surface area contributed by atoms with Crippen molar-refractivity contribution in [3.8, 4) is 0 Å². The van der Waals surface area contributed by atoms with Gasteiger partial charge in [0, 0.05) is 12.6 Å². The van der Waals surface area contributed by atoms with E-state index in [0.717, 1.165) is 25.3 Å². The number of halogens is 1. The maximum Gasteiger partial charge on any atom is 0.285 e. The number of rotatable bonds is 4. The van der Waals surface area contributed by atoms with Gasteiger partial charge in [0.1, 0.15) is 5.56 Å². The number of nitro benzene ring substituents is 1. The molecular weight excluding hydrogens is 265 g/mol. The van der Waals surface area contributed by atoms with E-state index in [9.17, 15) is 19.3 Å². The second-order valence-corrected chi connectivity index (χ2v) is 5.22. The summed E-state index contributed by atoms with van der Waals surface area (Å²) in [6.07, 6.45) is 2.70. The third-order valence-corrected chi connectivity index (χ3v) is 3.67. The first-order chi connectivity index (χ1) is 9.36. The Morgan fingerprint density at radius 2 is 2.10 bits per heavy atom. The standard InChI is InChI=1S/C13H16FN3O3/c1-13(4-3-5-13)16-12(18)8-6-10(15-2)9(14)7-11(8)17(19)20/h6-7,15H,3-5H2,1-2H3,(H,16,18). The highest BCUT2D eigenvalue weighted by Crippen LogP contribution is 2.32. The molecule has 108 valence electrons. The maximum absolute atomic E-state index is 13.6. The van der Waals surface area contributed by atoms with Crippen molar-refractivity contribution in [2.75, 3.05) is 12.4 Å². The van der Waals surface area contributed by atoms with Crippen molar-refractivity contribution in [1.29, 1.82) is 0 Å². The van der Waals surface area contributed by atoms with Crippen LogP contribution in [0.25, 0.3) is 0 Å². The summed E-state index contributed by atoms with van der Waals surface area (Å²) >= 11 is 0. The lowest BCUT2D eigenvalue weighted by atomic mass is 9.78. The van der Waals surface area contributed by atoms with Gasteiger partial charge in [-0.2, -0.15) is 0 Å². The van der Waals surface area contributed by atoms with Gasteiger partial charge in [-0.1, -0.05) is 0 Å². The predicted octanol–water partition coefficient (Wildman–Crippen LogP) is 2.45. The third-order valence-electron chi connectivity index (χ3n) is 3.67. The number of hydrogen-bond donors (Lipinski definition) is 2. The van der Waals surface area contributed by atoms with E-state index < -0.39 is 22.3 Å². The fraction of sp³-hybridized carbons (Fsp3) is 0.462. The Morgan fingerprint density at radius 1 is 1.45 bits per heavy atom. The summed E-state index contributed by atoms with van der Waals surface area (Å²) in [7, 11) is 1.49. The largest absolute Gasteiger partial charge is 0.386 e. The fourth-order valence-corrected chi connectivity index (χ4v) is 2.26. The summed E-state index contributed by atoms with van der Waals surface area (Å²) in [5, 5.41) is 16.3. The molecule has 1 aliphatic carbocycles. The topological polar surface area (TPSA) is 84.3 Å². The van der Waals surface area contributed by atoms with E-state index in [1.165, 1.54) is 13.1 Å². The van der Waals surface area contributed by atoms with Gasteiger partial charge >= 0.3 is 0 Å². The molecule has 1 aliphatic rings. The van der Waals surface area contributed by atoms with Gasteiger partial charge in [-0.05, 0) is 32.3 Å². The molecule has 20 heavy (non-hydrogen) atoms. The zero-order valence-electron chi connectivity index (χ0n) is 11.3. The summed E-state index contributed by atoms with van der Waals surface area (Å²) in [6, 6.07) is 1.94. The number of nitrogens with one attached hydrogen (secondary N) is 2. The van der Waals surface area contributed by atoms with E-state index >= 15 is 0 Å². The lowest BCUT2D eigenvalue weighted by molar-refractivity contribution is -0.385. The van der Waals surface area contributed by atoms with Crippen LogP contribution in [0, 0.1) is 15.9 Å². The van der Waals surface area contributed by atoms with Crippen molar-refractivity contribution in [2.24, 2.45) is 0 Å². The number of nitro groups is 1. The van der Waals surface area contributed by atoms with Gasteiger partial charge in [-0.15, -0.1) is 0 Å². The minimum atomic E-state index is -0.759. The zero-order valence-corrected chi connectivity index (χ0v) is 11.3. The van der Waals surface area contributed by atoms with Crippen LogP contribution in [0.5, 0.6) is 0 Å². The number of anilines is 1. The number of amides is 1. The van der Waals surface area contributed by atoms with Crippen LogP contribution < -0.4 is 10.6 Å². The average molecular weight is 281 g/mol. The Labute approximate surface area is 115 Å². The zero-order chi connectivity index (χ0) is 14.9. The van der Waals surface area contributed by atoms with Crippen LogP contribution in [-0.2, 0) is 0 Å². The molecular formula is C13H16FN3O3. The van der Waals surface area contributed by atoms with Gasteiger partial charge in [0.25, 0.3) is 11.6 Å². The molecule has 0 unspecified atom stereocenters. The number of carbonyl (C=O) groups is 1. The number of hydrogen-bond acceptors (Lipinski definition) is 4. The van der Waals surface area contributed by atoms with Crippen molar-refractivity contribution in [2.45, 2.75) is 31.7 Å². The number of carbonyl (C=O) groups excluding carboxylic acids is 1.